The molecule has 0 aromatic carbocycles. The molecule has 1 N–H and O–H groups in total. The molecule has 3 heterocycles. The Morgan fingerprint density at radius 1 is 1.23 bits per heavy atom. The third kappa shape index (κ3) is 3.70. The van der Waals surface area contributed by atoms with E-state index in [1.807, 2.05) is 0 Å². The van der Waals surface area contributed by atoms with Crippen molar-refractivity contribution in [3.05, 3.63) is 17.3 Å². The monoisotopic (exact) mass is 372 g/mol. The fourth-order valence-electron chi connectivity index (χ4n) is 4.27. The van der Waals surface area contributed by atoms with Crippen molar-refractivity contribution in [1.82, 2.24) is 15.3 Å². The Kier molecular flexibility index (Phi) is 5.38. The minimum atomic E-state index is 0.0694. The zero-order valence-electron chi connectivity index (χ0n) is 15.5. The van der Waals surface area contributed by atoms with Gasteiger partial charge in [0, 0.05) is 24.0 Å². The number of anilines is 1. The molecule has 0 spiro atoms. The molecule has 1 aliphatic carbocycles. The third-order valence-electron chi connectivity index (χ3n) is 5.75. The predicted octanol–water partition coefficient (Wildman–Crippen LogP) is 3.92. The lowest BCUT2D eigenvalue weighted by Gasteiger charge is -2.34. The number of hydrogen-bond acceptors (Lipinski definition) is 5. The van der Waals surface area contributed by atoms with Crippen LogP contribution in [0.2, 0.25) is 0 Å². The predicted molar refractivity (Wildman–Crippen MR) is 107 cm³/mol. The zero-order valence-corrected chi connectivity index (χ0v) is 16.4. The maximum absolute atomic E-state index is 12.8. The van der Waals surface area contributed by atoms with E-state index in [0.29, 0.717) is 6.04 Å². The van der Waals surface area contributed by atoms with E-state index in [4.69, 9.17) is 0 Å². The van der Waals surface area contributed by atoms with Gasteiger partial charge in [-0.1, -0.05) is 26.2 Å². The molecule has 5 nitrogen and oxygen atoms in total. The molecule has 4 rings (SSSR count). The molecule has 0 bridgehead atoms. The summed E-state index contributed by atoms with van der Waals surface area (Å²) >= 11 is 1.75. The van der Waals surface area contributed by atoms with E-state index < -0.39 is 0 Å². The van der Waals surface area contributed by atoms with Crippen LogP contribution in [0.1, 0.15) is 56.7 Å². The van der Waals surface area contributed by atoms with Gasteiger partial charge in [0.2, 0.25) is 5.91 Å². The van der Waals surface area contributed by atoms with Crippen molar-refractivity contribution in [3.8, 4) is 0 Å². The summed E-state index contributed by atoms with van der Waals surface area (Å²) in [7, 11) is 0. The van der Waals surface area contributed by atoms with Crippen molar-refractivity contribution >= 4 is 33.3 Å². The summed E-state index contributed by atoms with van der Waals surface area (Å²) in [6.45, 7) is 3.91. The lowest BCUT2D eigenvalue weighted by molar-refractivity contribution is -0.126. The van der Waals surface area contributed by atoms with E-state index in [9.17, 15) is 4.79 Å². The molecule has 1 saturated carbocycles. The van der Waals surface area contributed by atoms with E-state index in [1.54, 1.807) is 17.7 Å². The number of nitrogens with zero attached hydrogens (tertiary/aromatic N) is 3. The van der Waals surface area contributed by atoms with Crippen LogP contribution in [-0.4, -0.2) is 35.0 Å². The van der Waals surface area contributed by atoms with Gasteiger partial charge in [-0.2, -0.15) is 0 Å². The summed E-state index contributed by atoms with van der Waals surface area (Å²) in [5.74, 6) is 1.31. The maximum atomic E-state index is 12.8. The van der Waals surface area contributed by atoms with Gasteiger partial charge >= 0.3 is 0 Å². The second-order valence-corrected chi connectivity index (χ2v) is 8.73. The van der Waals surface area contributed by atoms with Gasteiger partial charge < -0.3 is 10.2 Å². The fourth-order valence-corrected chi connectivity index (χ4v) is 5.20. The maximum Gasteiger partial charge on any atom is 0.225 e. The first kappa shape index (κ1) is 17.7. The second kappa shape index (κ2) is 7.91. The highest BCUT2D eigenvalue weighted by molar-refractivity contribution is 7.18. The number of carbonyl (C=O) groups excluding carboxylic acids is 1. The standard InChI is InChI=1S/C20H28N4OS/c1-2-16-11-17-18(21-13-22-20(17)26-16)24-10-6-7-14(12-24)19(25)23-15-8-4-3-5-9-15/h11,13-15H,2-10,12H2,1H3,(H,23,25). The third-order valence-corrected chi connectivity index (χ3v) is 6.94. The largest absolute Gasteiger partial charge is 0.355 e. The summed E-state index contributed by atoms with van der Waals surface area (Å²) in [5.41, 5.74) is 0. The quantitative estimate of drug-likeness (QED) is 0.884. The SMILES string of the molecule is CCc1cc2c(N3CCCC(C(=O)NC4CCCCC4)C3)ncnc2s1. The van der Waals surface area contributed by atoms with Crippen LogP contribution in [0.4, 0.5) is 5.82 Å². The first-order chi connectivity index (χ1) is 12.7. The normalized spacial score (nSPS) is 21.9. The number of aromatic nitrogens is 2. The summed E-state index contributed by atoms with van der Waals surface area (Å²) < 4.78 is 0. The number of nitrogens with one attached hydrogen (secondary N) is 1. The zero-order chi connectivity index (χ0) is 17.9. The topological polar surface area (TPSA) is 58.1 Å². The van der Waals surface area contributed by atoms with Crippen LogP contribution in [-0.2, 0) is 11.2 Å². The number of piperidine rings is 1. The van der Waals surface area contributed by atoms with E-state index in [0.717, 1.165) is 61.2 Å². The Balaban J connectivity index is 1.48. The van der Waals surface area contributed by atoms with Crippen molar-refractivity contribution in [2.75, 3.05) is 18.0 Å². The van der Waals surface area contributed by atoms with Crippen molar-refractivity contribution in [1.29, 1.82) is 0 Å². The lowest BCUT2D eigenvalue weighted by Crippen LogP contribution is -2.46. The number of carbonyl (C=O) groups is 1. The highest BCUT2D eigenvalue weighted by Crippen LogP contribution is 2.32. The molecule has 0 radical (unpaired) electrons. The Morgan fingerprint density at radius 2 is 2.08 bits per heavy atom. The number of hydrogen-bond donors (Lipinski definition) is 1. The smallest absolute Gasteiger partial charge is 0.225 e. The Bertz CT molecular complexity index is 768. The van der Waals surface area contributed by atoms with Crippen LogP contribution >= 0.6 is 11.3 Å². The Morgan fingerprint density at radius 3 is 2.88 bits per heavy atom. The van der Waals surface area contributed by atoms with Gasteiger partial charge in [-0.15, -0.1) is 11.3 Å². The minimum absolute atomic E-state index is 0.0694. The Hall–Kier alpha value is -1.69. The molecule has 2 fully saturated rings. The van der Waals surface area contributed by atoms with Gasteiger partial charge in [0.15, 0.2) is 0 Å². The van der Waals surface area contributed by atoms with Crippen LogP contribution in [0.25, 0.3) is 10.2 Å². The average molecular weight is 373 g/mol. The number of rotatable bonds is 4. The molecule has 1 atom stereocenters. The van der Waals surface area contributed by atoms with Crippen LogP contribution in [0, 0.1) is 5.92 Å². The number of fused-ring (bicyclic) bond motifs is 1. The molecule has 2 aromatic heterocycles. The van der Waals surface area contributed by atoms with E-state index in [-0.39, 0.29) is 11.8 Å². The van der Waals surface area contributed by atoms with Gasteiger partial charge in [-0.05, 0) is 38.2 Å². The van der Waals surface area contributed by atoms with Gasteiger partial charge in [0.25, 0.3) is 0 Å². The van der Waals surface area contributed by atoms with Crippen LogP contribution in [0.15, 0.2) is 12.4 Å². The molecule has 1 saturated heterocycles. The van der Waals surface area contributed by atoms with Crippen LogP contribution in [0.5, 0.6) is 0 Å². The van der Waals surface area contributed by atoms with E-state index >= 15 is 0 Å². The highest BCUT2D eigenvalue weighted by Gasteiger charge is 2.29. The highest BCUT2D eigenvalue weighted by atomic mass is 32.1. The average Bonchev–Trinajstić information content (AvgIpc) is 3.12. The van der Waals surface area contributed by atoms with Crippen molar-refractivity contribution in [2.24, 2.45) is 5.92 Å². The Labute approximate surface area is 159 Å². The lowest BCUT2D eigenvalue weighted by atomic mass is 9.93. The first-order valence-electron chi connectivity index (χ1n) is 10.0. The van der Waals surface area contributed by atoms with Gasteiger partial charge in [0.05, 0.1) is 11.3 Å². The van der Waals surface area contributed by atoms with Gasteiger partial charge in [-0.25, -0.2) is 9.97 Å². The van der Waals surface area contributed by atoms with Crippen LogP contribution < -0.4 is 10.2 Å². The number of amides is 1. The number of thiophene rings is 1. The van der Waals surface area contributed by atoms with Gasteiger partial charge in [0.1, 0.15) is 17.0 Å². The van der Waals surface area contributed by atoms with Crippen molar-refractivity contribution < 1.29 is 4.79 Å². The molecule has 2 aromatic rings. The molecule has 2 aliphatic rings. The van der Waals surface area contributed by atoms with Gasteiger partial charge in [-0.3, -0.25) is 4.79 Å². The van der Waals surface area contributed by atoms with Crippen molar-refractivity contribution in [2.45, 2.75) is 64.3 Å². The van der Waals surface area contributed by atoms with E-state index in [1.165, 1.54) is 24.1 Å². The fraction of sp³-hybridized carbons (Fsp3) is 0.650. The second-order valence-electron chi connectivity index (χ2n) is 7.61. The summed E-state index contributed by atoms with van der Waals surface area (Å²) in [6.07, 6.45) is 10.8. The molecular weight excluding hydrogens is 344 g/mol. The molecule has 1 unspecified atom stereocenters. The summed E-state index contributed by atoms with van der Waals surface area (Å²) in [5, 5.41) is 4.46. The van der Waals surface area contributed by atoms with Crippen LogP contribution in [0.3, 0.4) is 0 Å². The van der Waals surface area contributed by atoms with Crippen molar-refractivity contribution in [3.63, 3.8) is 0 Å². The minimum Gasteiger partial charge on any atom is -0.355 e. The number of aryl methyl sites for hydroxylation is 1. The summed E-state index contributed by atoms with van der Waals surface area (Å²) in [6, 6.07) is 2.61. The molecular formula is C20H28N4OS. The molecule has 140 valence electrons. The molecule has 1 aliphatic heterocycles. The molecule has 1 amide bonds. The molecule has 6 heteroatoms. The summed E-state index contributed by atoms with van der Waals surface area (Å²) in [4.78, 5) is 26.5. The first-order valence-corrected chi connectivity index (χ1v) is 10.8. The molecule has 26 heavy (non-hydrogen) atoms. The van der Waals surface area contributed by atoms with E-state index in [2.05, 4.69) is 33.2 Å².